The lowest BCUT2D eigenvalue weighted by atomic mass is 9.82. The molecule has 1 aliphatic rings. The summed E-state index contributed by atoms with van der Waals surface area (Å²) in [5.41, 5.74) is 3.62. The molecule has 3 aromatic rings. The number of carbonyl (C=O) groups is 1. The number of rotatable bonds is 4. The van der Waals surface area contributed by atoms with Crippen molar-refractivity contribution >= 4 is 22.5 Å². The quantitative estimate of drug-likeness (QED) is 0.605. The zero-order valence-corrected chi connectivity index (χ0v) is 17.2. The number of aromatic nitrogens is 1. The maximum absolute atomic E-state index is 13.2. The van der Waals surface area contributed by atoms with E-state index in [2.05, 4.69) is 0 Å². The van der Waals surface area contributed by atoms with Crippen molar-refractivity contribution in [1.29, 1.82) is 0 Å². The predicted molar refractivity (Wildman–Crippen MR) is 119 cm³/mol. The molecule has 0 bridgehead atoms. The highest BCUT2D eigenvalue weighted by atomic mass is 16.2. The van der Waals surface area contributed by atoms with Gasteiger partial charge in [-0.3, -0.25) is 9.59 Å². The summed E-state index contributed by atoms with van der Waals surface area (Å²) in [4.78, 5) is 27.6. The van der Waals surface area contributed by atoms with E-state index in [1.54, 1.807) is 16.5 Å². The van der Waals surface area contributed by atoms with Gasteiger partial charge in [0.15, 0.2) is 0 Å². The molecule has 4 nitrogen and oxygen atoms in total. The summed E-state index contributed by atoms with van der Waals surface area (Å²) in [6.45, 7) is 2.61. The Kier molecular flexibility index (Phi) is 5.52. The van der Waals surface area contributed by atoms with Gasteiger partial charge >= 0.3 is 0 Å². The fraction of sp³-hybridized carbons (Fsp3) is 0.360. The zero-order chi connectivity index (χ0) is 20.4. The molecule has 1 saturated carbocycles. The molecule has 0 unspecified atom stereocenters. The van der Waals surface area contributed by atoms with E-state index in [9.17, 15) is 9.59 Å². The third-order valence-corrected chi connectivity index (χ3v) is 6.20. The Bertz CT molecular complexity index is 1080. The first-order chi connectivity index (χ1) is 14.1. The summed E-state index contributed by atoms with van der Waals surface area (Å²) in [6, 6.07) is 17.3. The van der Waals surface area contributed by atoms with E-state index >= 15 is 0 Å². The van der Waals surface area contributed by atoms with Crippen LogP contribution in [0.5, 0.6) is 0 Å². The number of carbonyl (C=O) groups excluding carboxylic acids is 1. The lowest BCUT2D eigenvalue weighted by molar-refractivity contribution is 0.0993. The molecule has 1 amide bonds. The van der Waals surface area contributed by atoms with Crippen LogP contribution in [0.4, 0.5) is 5.69 Å². The van der Waals surface area contributed by atoms with Crippen LogP contribution in [0.2, 0.25) is 0 Å². The summed E-state index contributed by atoms with van der Waals surface area (Å²) in [7, 11) is 1.80. The number of para-hydroxylation sites is 1. The maximum atomic E-state index is 13.2. The maximum Gasteiger partial charge on any atom is 0.258 e. The Morgan fingerprint density at radius 3 is 2.45 bits per heavy atom. The van der Waals surface area contributed by atoms with Gasteiger partial charge < -0.3 is 9.47 Å². The molecule has 0 atom stereocenters. The fourth-order valence-corrected chi connectivity index (χ4v) is 4.58. The molecule has 0 saturated heterocycles. The Morgan fingerprint density at radius 1 is 1.03 bits per heavy atom. The van der Waals surface area contributed by atoms with Gasteiger partial charge in [0.2, 0.25) is 0 Å². The third kappa shape index (κ3) is 3.71. The lowest BCUT2D eigenvalue weighted by Gasteiger charge is -2.24. The second-order valence-electron chi connectivity index (χ2n) is 7.95. The van der Waals surface area contributed by atoms with E-state index in [0.29, 0.717) is 18.0 Å². The number of fused-ring (bicyclic) bond motifs is 1. The summed E-state index contributed by atoms with van der Waals surface area (Å²) < 4.78 is 1.80. The van der Waals surface area contributed by atoms with Gasteiger partial charge in [0.1, 0.15) is 0 Å². The van der Waals surface area contributed by atoms with Crippen molar-refractivity contribution in [3.05, 3.63) is 76.1 Å². The molecule has 0 radical (unpaired) electrons. The second kappa shape index (κ2) is 8.24. The van der Waals surface area contributed by atoms with E-state index in [1.165, 1.54) is 19.3 Å². The molecule has 2 aromatic carbocycles. The van der Waals surface area contributed by atoms with Crippen LogP contribution in [0, 0.1) is 0 Å². The Balaban J connectivity index is 1.82. The van der Waals surface area contributed by atoms with Gasteiger partial charge in [0.25, 0.3) is 11.5 Å². The molecule has 29 heavy (non-hydrogen) atoms. The number of benzene rings is 2. The summed E-state index contributed by atoms with van der Waals surface area (Å²) >= 11 is 0. The molecule has 1 aromatic heterocycles. The molecular formula is C25H28N2O2. The minimum Gasteiger partial charge on any atom is -0.311 e. The summed E-state index contributed by atoms with van der Waals surface area (Å²) in [5.74, 6) is 0.365. The van der Waals surface area contributed by atoms with Crippen molar-refractivity contribution in [3.63, 3.8) is 0 Å². The van der Waals surface area contributed by atoms with Crippen molar-refractivity contribution in [3.8, 4) is 0 Å². The molecule has 0 spiro atoms. The normalized spacial score (nSPS) is 14.8. The largest absolute Gasteiger partial charge is 0.311 e. The highest BCUT2D eigenvalue weighted by Crippen LogP contribution is 2.36. The summed E-state index contributed by atoms with van der Waals surface area (Å²) in [6.07, 6.45) is 5.92. The van der Waals surface area contributed by atoms with Gasteiger partial charge in [-0.2, -0.15) is 0 Å². The average molecular weight is 389 g/mol. The standard InChI is InChI=1S/C25H28N2O2/c1-3-27-23-15-14-19(25(29)26(2)20-12-8-5-9-13-20)16-22(23)21(17-24(27)28)18-10-6-4-7-11-18/h5,8-9,12-18H,3-4,6-7,10-11H2,1-2H3. The number of amides is 1. The van der Waals surface area contributed by atoms with E-state index in [0.717, 1.165) is 35.0 Å². The highest BCUT2D eigenvalue weighted by Gasteiger charge is 2.21. The van der Waals surface area contributed by atoms with Crippen LogP contribution in [-0.4, -0.2) is 17.5 Å². The van der Waals surface area contributed by atoms with Crippen LogP contribution < -0.4 is 10.5 Å². The number of hydrogen-bond donors (Lipinski definition) is 0. The highest BCUT2D eigenvalue weighted by molar-refractivity contribution is 6.07. The van der Waals surface area contributed by atoms with Gasteiger partial charge in [0, 0.05) is 36.3 Å². The Hall–Kier alpha value is -2.88. The van der Waals surface area contributed by atoms with Crippen molar-refractivity contribution in [2.45, 2.75) is 51.5 Å². The van der Waals surface area contributed by atoms with Crippen LogP contribution in [0.15, 0.2) is 59.4 Å². The van der Waals surface area contributed by atoms with E-state index < -0.39 is 0 Å². The first-order valence-corrected chi connectivity index (χ1v) is 10.6. The van der Waals surface area contributed by atoms with Gasteiger partial charge in [-0.25, -0.2) is 0 Å². The molecule has 4 heteroatoms. The van der Waals surface area contributed by atoms with E-state index in [-0.39, 0.29) is 11.5 Å². The first-order valence-electron chi connectivity index (χ1n) is 10.6. The molecule has 150 valence electrons. The van der Waals surface area contributed by atoms with Crippen molar-refractivity contribution in [2.24, 2.45) is 0 Å². The Morgan fingerprint density at radius 2 is 1.76 bits per heavy atom. The zero-order valence-electron chi connectivity index (χ0n) is 17.2. The number of pyridine rings is 1. The Labute approximate surface area is 171 Å². The number of hydrogen-bond acceptors (Lipinski definition) is 2. The van der Waals surface area contributed by atoms with Gasteiger partial charge in [-0.1, -0.05) is 37.5 Å². The molecule has 1 aliphatic carbocycles. The van der Waals surface area contributed by atoms with Crippen molar-refractivity contribution in [2.75, 3.05) is 11.9 Å². The summed E-state index contributed by atoms with van der Waals surface area (Å²) in [5, 5.41) is 1.05. The topological polar surface area (TPSA) is 42.3 Å². The van der Waals surface area contributed by atoms with Crippen LogP contribution in [0.1, 0.15) is 60.9 Å². The van der Waals surface area contributed by atoms with Crippen LogP contribution >= 0.6 is 0 Å². The SMILES string of the molecule is CCn1c(=O)cc(C2CCCCC2)c2cc(C(=O)N(C)c3ccccc3)ccc21. The molecular weight excluding hydrogens is 360 g/mol. The number of anilines is 1. The molecule has 0 N–H and O–H groups in total. The first kappa shape index (κ1) is 19.4. The van der Waals surface area contributed by atoms with Crippen LogP contribution in [0.3, 0.4) is 0 Å². The predicted octanol–water partition coefficient (Wildman–Crippen LogP) is 5.35. The average Bonchev–Trinajstić information content (AvgIpc) is 2.78. The van der Waals surface area contributed by atoms with Gasteiger partial charge in [-0.15, -0.1) is 0 Å². The van der Waals surface area contributed by atoms with Gasteiger partial charge in [-0.05, 0) is 61.6 Å². The smallest absolute Gasteiger partial charge is 0.258 e. The lowest BCUT2D eigenvalue weighted by Crippen LogP contribution is -2.26. The second-order valence-corrected chi connectivity index (χ2v) is 7.95. The fourth-order valence-electron chi connectivity index (χ4n) is 4.58. The van der Waals surface area contributed by atoms with E-state index in [1.807, 2.05) is 61.5 Å². The van der Waals surface area contributed by atoms with Gasteiger partial charge in [0.05, 0.1) is 5.52 Å². The van der Waals surface area contributed by atoms with Crippen molar-refractivity contribution < 1.29 is 4.79 Å². The van der Waals surface area contributed by atoms with Crippen LogP contribution in [-0.2, 0) is 6.54 Å². The molecule has 1 fully saturated rings. The van der Waals surface area contributed by atoms with Crippen molar-refractivity contribution in [1.82, 2.24) is 4.57 Å². The third-order valence-electron chi connectivity index (χ3n) is 6.20. The molecule has 1 heterocycles. The monoisotopic (exact) mass is 388 g/mol. The van der Waals surface area contributed by atoms with E-state index in [4.69, 9.17) is 0 Å². The van der Waals surface area contributed by atoms with Crippen LogP contribution in [0.25, 0.3) is 10.9 Å². The molecule has 4 rings (SSSR count). The number of aryl methyl sites for hydroxylation is 1. The minimum atomic E-state index is -0.0399. The minimum absolute atomic E-state index is 0.0399. The molecule has 0 aliphatic heterocycles. The number of nitrogens with zero attached hydrogens (tertiary/aromatic N) is 2.